The molecule has 28 heavy (non-hydrogen) atoms. The van der Waals surface area contributed by atoms with Gasteiger partial charge in [-0.25, -0.2) is 9.37 Å². The zero-order valence-corrected chi connectivity index (χ0v) is 16.1. The van der Waals surface area contributed by atoms with Crippen LogP contribution in [0.25, 0.3) is 27.5 Å². The van der Waals surface area contributed by atoms with Gasteiger partial charge < -0.3 is 5.73 Å². The molecule has 0 unspecified atom stereocenters. The lowest BCUT2D eigenvalue weighted by Crippen LogP contribution is -2.21. The predicted octanol–water partition coefficient (Wildman–Crippen LogP) is 4.36. The minimum Gasteiger partial charge on any atom is -0.375 e. The number of hydrogen-bond donors (Lipinski definition) is 1. The summed E-state index contributed by atoms with van der Waals surface area (Å²) in [7, 11) is 0. The Kier molecular flexibility index (Phi) is 4.52. The molecule has 0 saturated heterocycles. The second kappa shape index (κ2) is 7.01. The predicted molar refractivity (Wildman–Crippen MR) is 110 cm³/mol. The fraction of sp³-hybridized carbons (Fsp3) is 0.0952. The molecule has 2 N–H and O–H groups in total. The lowest BCUT2D eigenvalue weighted by atomic mass is 10.1. The number of nitrogens with two attached hydrogens (primary N) is 1. The van der Waals surface area contributed by atoms with Crippen molar-refractivity contribution in [2.45, 2.75) is 13.8 Å². The lowest BCUT2D eigenvalue weighted by Gasteiger charge is -2.09. The van der Waals surface area contributed by atoms with E-state index in [1.54, 1.807) is 25.1 Å². The van der Waals surface area contributed by atoms with Gasteiger partial charge in [-0.15, -0.1) is 0 Å². The van der Waals surface area contributed by atoms with E-state index in [2.05, 4.69) is 10.1 Å². The van der Waals surface area contributed by atoms with Crippen molar-refractivity contribution in [3.05, 3.63) is 81.9 Å². The average molecular weight is 392 g/mol. The molecule has 0 radical (unpaired) electrons. The van der Waals surface area contributed by atoms with Crippen molar-refractivity contribution in [1.29, 1.82) is 0 Å². The van der Waals surface area contributed by atoms with Gasteiger partial charge in [0.25, 0.3) is 5.56 Å². The van der Waals surface area contributed by atoms with Gasteiger partial charge in [0.2, 0.25) is 0 Å². The minimum absolute atomic E-state index is 0.227. The maximum absolute atomic E-state index is 13.7. The number of nitrogen functional groups attached to an aromatic ring is 1. The van der Waals surface area contributed by atoms with Crippen molar-refractivity contribution in [2.75, 3.05) is 5.73 Å². The summed E-state index contributed by atoms with van der Waals surface area (Å²) >= 11 is 1.28. The first-order valence-electron chi connectivity index (χ1n) is 8.63. The van der Waals surface area contributed by atoms with E-state index in [4.69, 9.17) is 5.73 Å². The summed E-state index contributed by atoms with van der Waals surface area (Å²) in [6, 6.07) is 15.5. The van der Waals surface area contributed by atoms with Crippen molar-refractivity contribution < 1.29 is 4.39 Å². The summed E-state index contributed by atoms with van der Waals surface area (Å²) in [5.41, 5.74) is 9.85. The lowest BCUT2D eigenvalue weighted by molar-refractivity contribution is 0.619. The van der Waals surface area contributed by atoms with Crippen molar-refractivity contribution in [1.82, 2.24) is 14.8 Å². The number of benzene rings is 2. The molecule has 0 aliphatic rings. The largest absolute Gasteiger partial charge is 0.375 e. The highest BCUT2D eigenvalue weighted by atomic mass is 32.1. The Morgan fingerprint density at radius 2 is 1.82 bits per heavy atom. The normalized spacial score (nSPS) is 11.0. The molecule has 2 aromatic carbocycles. The molecule has 0 aliphatic carbocycles. The van der Waals surface area contributed by atoms with E-state index in [0.717, 1.165) is 16.0 Å². The summed E-state index contributed by atoms with van der Waals surface area (Å²) in [4.78, 5) is 17.6. The Hall–Kier alpha value is -3.32. The van der Waals surface area contributed by atoms with Crippen LogP contribution < -0.4 is 11.3 Å². The van der Waals surface area contributed by atoms with Gasteiger partial charge in [-0.3, -0.25) is 4.79 Å². The molecule has 2 heterocycles. The molecule has 0 saturated carbocycles. The molecule has 140 valence electrons. The third-order valence-electron chi connectivity index (χ3n) is 4.45. The third kappa shape index (κ3) is 3.20. The highest BCUT2D eigenvalue weighted by Gasteiger charge is 2.17. The van der Waals surface area contributed by atoms with Crippen LogP contribution in [0.1, 0.15) is 11.1 Å². The van der Waals surface area contributed by atoms with Crippen LogP contribution in [0, 0.1) is 19.7 Å². The highest BCUT2D eigenvalue weighted by molar-refractivity contribution is 7.19. The second-order valence-corrected chi connectivity index (χ2v) is 7.48. The van der Waals surface area contributed by atoms with Gasteiger partial charge in [-0.2, -0.15) is 9.78 Å². The number of thiazole rings is 1. The molecule has 0 amide bonds. The number of aromatic nitrogens is 3. The van der Waals surface area contributed by atoms with Crippen molar-refractivity contribution in [2.24, 2.45) is 0 Å². The van der Waals surface area contributed by atoms with Gasteiger partial charge in [-0.1, -0.05) is 29.5 Å². The Morgan fingerprint density at radius 1 is 1.04 bits per heavy atom. The molecule has 2 aromatic heterocycles. The summed E-state index contributed by atoms with van der Waals surface area (Å²) in [5.74, 6) is -0.278. The molecular formula is C21H17FN4OS. The van der Waals surface area contributed by atoms with Crippen LogP contribution in [0.3, 0.4) is 0 Å². The highest BCUT2D eigenvalue weighted by Crippen LogP contribution is 2.37. The number of halogens is 1. The summed E-state index contributed by atoms with van der Waals surface area (Å²) in [5, 5.41) is 4.94. The number of hydrogen-bond acceptors (Lipinski definition) is 5. The SMILES string of the molecule is Cc1cc(-c2nc(N)sc2-c2ccc(=O)n(-c3ccccc3C)n2)ccc1F. The van der Waals surface area contributed by atoms with Crippen LogP contribution in [0.4, 0.5) is 9.52 Å². The van der Waals surface area contributed by atoms with Gasteiger partial charge in [-0.05, 0) is 55.3 Å². The number of aryl methyl sites for hydroxylation is 2. The second-order valence-electron chi connectivity index (χ2n) is 6.45. The molecule has 7 heteroatoms. The number of rotatable bonds is 3. The maximum atomic E-state index is 13.7. The van der Waals surface area contributed by atoms with Gasteiger partial charge in [0.1, 0.15) is 11.5 Å². The van der Waals surface area contributed by atoms with Crippen LogP contribution in [0.2, 0.25) is 0 Å². The van der Waals surface area contributed by atoms with E-state index in [9.17, 15) is 9.18 Å². The van der Waals surface area contributed by atoms with Gasteiger partial charge in [0.05, 0.1) is 16.3 Å². The molecule has 5 nitrogen and oxygen atoms in total. The van der Waals surface area contributed by atoms with Crippen LogP contribution in [-0.4, -0.2) is 14.8 Å². The Labute approximate surface area is 164 Å². The third-order valence-corrected chi connectivity index (χ3v) is 5.36. The van der Waals surface area contributed by atoms with Crippen LogP contribution in [-0.2, 0) is 0 Å². The van der Waals surface area contributed by atoms with E-state index in [1.807, 2.05) is 31.2 Å². The Balaban J connectivity index is 1.89. The van der Waals surface area contributed by atoms with Crippen molar-refractivity contribution in [3.63, 3.8) is 0 Å². The van der Waals surface area contributed by atoms with Crippen LogP contribution >= 0.6 is 11.3 Å². The van der Waals surface area contributed by atoms with E-state index in [0.29, 0.717) is 27.8 Å². The zero-order valence-electron chi connectivity index (χ0n) is 15.3. The number of nitrogens with zero attached hydrogens (tertiary/aromatic N) is 3. The molecule has 0 fully saturated rings. The molecule has 4 aromatic rings. The van der Waals surface area contributed by atoms with Gasteiger partial charge in [0.15, 0.2) is 5.13 Å². The molecule has 0 spiro atoms. The molecule has 0 aliphatic heterocycles. The topological polar surface area (TPSA) is 73.8 Å². The Morgan fingerprint density at radius 3 is 2.57 bits per heavy atom. The summed E-state index contributed by atoms with van der Waals surface area (Å²) in [6.45, 7) is 3.62. The smallest absolute Gasteiger partial charge is 0.271 e. The first-order valence-corrected chi connectivity index (χ1v) is 9.45. The van der Waals surface area contributed by atoms with Crippen molar-refractivity contribution >= 4 is 16.5 Å². The zero-order chi connectivity index (χ0) is 19.8. The van der Waals surface area contributed by atoms with E-state index in [-0.39, 0.29) is 11.4 Å². The summed E-state index contributed by atoms with van der Waals surface area (Å²) < 4.78 is 15.0. The van der Waals surface area contributed by atoms with E-state index >= 15 is 0 Å². The summed E-state index contributed by atoms with van der Waals surface area (Å²) in [6.07, 6.45) is 0. The standard InChI is InChI=1S/C21H17FN4OS/c1-12-5-3-4-6-17(12)26-18(27)10-9-16(25-26)20-19(24-21(23)28-20)14-7-8-15(22)13(2)11-14/h3-11H,1-2H3,(H2,23,24). The number of para-hydroxylation sites is 1. The van der Waals surface area contributed by atoms with Gasteiger partial charge >= 0.3 is 0 Å². The van der Waals surface area contributed by atoms with E-state index in [1.165, 1.54) is 28.2 Å². The van der Waals surface area contributed by atoms with Crippen LogP contribution in [0.15, 0.2) is 59.4 Å². The quantitative estimate of drug-likeness (QED) is 0.562. The first kappa shape index (κ1) is 18.1. The maximum Gasteiger partial charge on any atom is 0.271 e. The monoisotopic (exact) mass is 392 g/mol. The molecule has 4 rings (SSSR count). The average Bonchev–Trinajstić information content (AvgIpc) is 3.07. The number of anilines is 1. The van der Waals surface area contributed by atoms with E-state index < -0.39 is 0 Å². The molecular weight excluding hydrogens is 375 g/mol. The fourth-order valence-electron chi connectivity index (χ4n) is 3.00. The minimum atomic E-state index is -0.278. The molecule has 0 atom stereocenters. The van der Waals surface area contributed by atoms with Crippen LogP contribution in [0.5, 0.6) is 0 Å². The first-order chi connectivity index (χ1) is 13.4. The fourth-order valence-corrected chi connectivity index (χ4v) is 3.82. The Bertz CT molecular complexity index is 1250. The van der Waals surface area contributed by atoms with Crippen molar-refractivity contribution in [3.8, 4) is 27.5 Å². The molecule has 0 bridgehead atoms. The van der Waals surface area contributed by atoms with Gasteiger partial charge in [0, 0.05) is 11.6 Å².